The molecule has 1 heterocycles. The smallest absolute Gasteiger partial charge is 0.264 e. The van der Waals surface area contributed by atoms with Crippen LogP contribution < -0.4 is 4.72 Å². The van der Waals surface area contributed by atoms with E-state index < -0.39 is 32.4 Å². The number of sulfonamides is 1. The van der Waals surface area contributed by atoms with Gasteiger partial charge in [0.2, 0.25) is 0 Å². The minimum absolute atomic E-state index is 0.0581. The van der Waals surface area contributed by atoms with E-state index >= 15 is 0 Å². The van der Waals surface area contributed by atoms with Crippen LogP contribution in [0.2, 0.25) is 0 Å². The van der Waals surface area contributed by atoms with Crippen LogP contribution >= 0.6 is 0 Å². The van der Waals surface area contributed by atoms with Gasteiger partial charge in [-0.1, -0.05) is 12.1 Å². The summed E-state index contributed by atoms with van der Waals surface area (Å²) in [6, 6.07) is 7.05. The number of nitrogens with one attached hydrogen (secondary N) is 1. The molecule has 27 heavy (non-hydrogen) atoms. The molecule has 0 bridgehead atoms. The van der Waals surface area contributed by atoms with Gasteiger partial charge in [0.1, 0.15) is 4.90 Å². The predicted molar refractivity (Wildman–Crippen MR) is 93.3 cm³/mol. The highest BCUT2D eigenvalue weighted by Gasteiger charge is 2.27. The largest absolute Gasteiger partial charge is 0.339 e. The van der Waals surface area contributed by atoms with E-state index in [0.29, 0.717) is 25.2 Å². The van der Waals surface area contributed by atoms with Crippen LogP contribution in [0.5, 0.6) is 0 Å². The number of para-hydroxylation sites is 1. The second kappa shape index (κ2) is 7.59. The van der Waals surface area contributed by atoms with Crippen molar-refractivity contribution in [3.63, 3.8) is 0 Å². The van der Waals surface area contributed by atoms with Crippen molar-refractivity contribution in [2.45, 2.75) is 24.2 Å². The predicted octanol–water partition coefficient (Wildman–Crippen LogP) is 3.53. The molecule has 0 saturated carbocycles. The summed E-state index contributed by atoms with van der Waals surface area (Å²) in [7, 11) is -4.57. The first-order valence-electron chi connectivity index (χ1n) is 8.36. The number of carbonyl (C=O) groups excluding carboxylic acids is 1. The molecule has 2 aromatic carbocycles. The molecule has 0 atom stereocenters. The van der Waals surface area contributed by atoms with Crippen molar-refractivity contribution in [2.24, 2.45) is 0 Å². The zero-order chi connectivity index (χ0) is 19.6. The van der Waals surface area contributed by atoms with Gasteiger partial charge in [0.25, 0.3) is 15.9 Å². The fraction of sp³-hybridized carbons (Fsp3) is 0.278. The first kappa shape index (κ1) is 19.2. The molecular formula is C18H17F3N2O3S. The van der Waals surface area contributed by atoms with Gasteiger partial charge in [-0.25, -0.2) is 21.6 Å². The second-order valence-electron chi connectivity index (χ2n) is 6.18. The molecule has 1 saturated heterocycles. The lowest BCUT2D eigenvalue weighted by molar-refractivity contribution is 0.0725. The molecule has 3 rings (SSSR count). The number of amides is 1. The number of benzene rings is 2. The van der Waals surface area contributed by atoms with Gasteiger partial charge in [-0.05, 0) is 43.5 Å². The topological polar surface area (TPSA) is 66.5 Å². The molecule has 9 heteroatoms. The molecule has 0 spiro atoms. The second-order valence-corrected chi connectivity index (χ2v) is 7.83. The summed E-state index contributed by atoms with van der Waals surface area (Å²) in [5.41, 5.74) is 0.0446. The van der Waals surface area contributed by atoms with Crippen molar-refractivity contribution in [1.82, 2.24) is 4.90 Å². The maximum atomic E-state index is 13.9. The number of likely N-dealkylation sites (tertiary alicyclic amines) is 1. The Balaban J connectivity index is 1.94. The number of rotatable bonds is 4. The minimum atomic E-state index is -4.57. The van der Waals surface area contributed by atoms with Gasteiger partial charge in [-0.3, -0.25) is 9.52 Å². The maximum Gasteiger partial charge on any atom is 0.264 e. The van der Waals surface area contributed by atoms with Crippen LogP contribution in [0.4, 0.5) is 18.9 Å². The summed E-state index contributed by atoms with van der Waals surface area (Å²) >= 11 is 0. The standard InChI is InChI=1S/C18H17F3N2O3S/c19-13-8-9-15(17(21)16(13)20)27(25,26)22-14-7-3-2-6-12(14)18(24)23-10-4-1-5-11-23/h2-3,6-9,22H,1,4-5,10-11H2. The lowest BCUT2D eigenvalue weighted by atomic mass is 10.1. The van der Waals surface area contributed by atoms with E-state index in [2.05, 4.69) is 4.72 Å². The molecule has 144 valence electrons. The van der Waals surface area contributed by atoms with Crippen LogP contribution in [0.25, 0.3) is 0 Å². The van der Waals surface area contributed by atoms with Crippen LogP contribution in [0, 0.1) is 17.5 Å². The Morgan fingerprint density at radius 3 is 2.30 bits per heavy atom. The molecular weight excluding hydrogens is 381 g/mol. The van der Waals surface area contributed by atoms with Crippen LogP contribution in [-0.2, 0) is 10.0 Å². The molecule has 1 fully saturated rings. The van der Waals surface area contributed by atoms with Crippen molar-refractivity contribution >= 4 is 21.6 Å². The van der Waals surface area contributed by atoms with E-state index in [4.69, 9.17) is 0 Å². The summed E-state index contributed by atoms with van der Waals surface area (Å²) in [5.74, 6) is -5.54. The third kappa shape index (κ3) is 3.92. The number of hydrogen-bond donors (Lipinski definition) is 1. The zero-order valence-electron chi connectivity index (χ0n) is 14.2. The van der Waals surface area contributed by atoms with Gasteiger partial charge in [-0.15, -0.1) is 0 Å². The molecule has 0 aromatic heterocycles. The Morgan fingerprint density at radius 1 is 0.926 bits per heavy atom. The van der Waals surface area contributed by atoms with Crippen molar-refractivity contribution in [3.05, 3.63) is 59.4 Å². The van der Waals surface area contributed by atoms with Gasteiger partial charge in [0, 0.05) is 13.1 Å². The molecule has 2 aromatic rings. The highest BCUT2D eigenvalue weighted by molar-refractivity contribution is 7.92. The Labute approximate surface area is 154 Å². The molecule has 0 unspecified atom stereocenters. The Bertz CT molecular complexity index is 974. The van der Waals surface area contributed by atoms with E-state index in [9.17, 15) is 26.4 Å². The fourth-order valence-electron chi connectivity index (χ4n) is 2.94. The van der Waals surface area contributed by atoms with Gasteiger partial charge >= 0.3 is 0 Å². The van der Waals surface area contributed by atoms with E-state index in [1.165, 1.54) is 18.2 Å². The van der Waals surface area contributed by atoms with Crippen LogP contribution in [0.3, 0.4) is 0 Å². The van der Waals surface area contributed by atoms with Gasteiger partial charge < -0.3 is 4.90 Å². The van der Waals surface area contributed by atoms with Crippen molar-refractivity contribution in [1.29, 1.82) is 0 Å². The van der Waals surface area contributed by atoms with Crippen molar-refractivity contribution in [3.8, 4) is 0 Å². The van der Waals surface area contributed by atoms with Gasteiger partial charge in [0.15, 0.2) is 17.5 Å². The average molecular weight is 398 g/mol. The normalized spacial score (nSPS) is 14.9. The molecule has 1 N–H and O–H groups in total. The summed E-state index contributed by atoms with van der Waals surface area (Å²) in [4.78, 5) is 13.3. The molecule has 0 aliphatic carbocycles. The molecule has 5 nitrogen and oxygen atoms in total. The number of carbonyl (C=O) groups is 1. The molecule has 1 aliphatic rings. The first-order valence-corrected chi connectivity index (χ1v) is 9.84. The number of hydrogen-bond acceptors (Lipinski definition) is 3. The van der Waals surface area contributed by atoms with Gasteiger partial charge in [-0.2, -0.15) is 0 Å². The highest BCUT2D eigenvalue weighted by Crippen LogP contribution is 2.25. The summed E-state index contributed by atoms with van der Waals surface area (Å²) in [6.07, 6.45) is 2.74. The average Bonchev–Trinajstić information content (AvgIpc) is 2.66. The first-order chi connectivity index (χ1) is 12.8. The summed E-state index contributed by atoms with van der Waals surface area (Å²) in [6.45, 7) is 1.13. The molecule has 1 amide bonds. The lowest BCUT2D eigenvalue weighted by Crippen LogP contribution is -2.36. The van der Waals surface area contributed by atoms with E-state index in [1.54, 1.807) is 11.0 Å². The molecule has 1 aliphatic heterocycles. The SMILES string of the molecule is O=C(c1ccccc1NS(=O)(=O)c1ccc(F)c(F)c1F)N1CCCCC1. The summed E-state index contributed by atoms with van der Waals surface area (Å²) < 4.78 is 67.4. The van der Waals surface area contributed by atoms with Crippen LogP contribution in [-0.4, -0.2) is 32.3 Å². The number of piperidine rings is 1. The molecule has 0 radical (unpaired) electrons. The highest BCUT2D eigenvalue weighted by atomic mass is 32.2. The monoisotopic (exact) mass is 398 g/mol. The van der Waals surface area contributed by atoms with E-state index in [0.717, 1.165) is 19.3 Å². The van der Waals surface area contributed by atoms with Gasteiger partial charge in [0.05, 0.1) is 11.3 Å². The number of halogens is 3. The fourth-order valence-corrected chi connectivity index (χ4v) is 4.09. The number of nitrogens with zero attached hydrogens (tertiary/aromatic N) is 1. The van der Waals surface area contributed by atoms with Crippen molar-refractivity contribution < 1.29 is 26.4 Å². The Kier molecular flexibility index (Phi) is 5.41. The van der Waals surface area contributed by atoms with Crippen LogP contribution in [0.15, 0.2) is 41.3 Å². The maximum absolute atomic E-state index is 13.9. The lowest BCUT2D eigenvalue weighted by Gasteiger charge is -2.27. The minimum Gasteiger partial charge on any atom is -0.339 e. The Hall–Kier alpha value is -2.55. The number of anilines is 1. The van der Waals surface area contributed by atoms with E-state index in [1.807, 2.05) is 0 Å². The third-order valence-electron chi connectivity index (χ3n) is 4.33. The van der Waals surface area contributed by atoms with E-state index in [-0.39, 0.29) is 17.2 Å². The quantitative estimate of drug-likeness (QED) is 0.802. The zero-order valence-corrected chi connectivity index (χ0v) is 15.0. The van der Waals surface area contributed by atoms with Crippen molar-refractivity contribution in [2.75, 3.05) is 17.8 Å². The Morgan fingerprint density at radius 2 is 1.59 bits per heavy atom. The third-order valence-corrected chi connectivity index (χ3v) is 5.72. The van der Waals surface area contributed by atoms with Crippen LogP contribution in [0.1, 0.15) is 29.6 Å². The summed E-state index contributed by atoms with van der Waals surface area (Å²) in [5, 5.41) is 0.